The van der Waals surface area contributed by atoms with Crippen LogP contribution in [0, 0.1) is 5.92 Å². The first-order chi connectivity index (χ1) is 10.9. The van der Waals surface area contributed by atoms with Gasteiger partial charge in [-0.15, -0.1) is 0 Å². The second-order valence-electron chi connectivity index (χ2n) is 6.87. The molecule has 1 saturated carbocycles. The fourth-order valence-corrected chi connectivity index (χ4v) is 4.57. The van der Waals surface area contributed by atoms with Crippen molar-refractivity contribution in [2.75, 3.05) is 13.8 Å². The molecule has 0 aromatic heterocycles. The number of methoxy groups -OCH3 is 1. The summed E-state index contributed by atoms with van der Waals surface area (Å²) in [7, 11) is 1.90. The summed E-state index contributed by atoms with van der Waals surface area (Å²) in [5, 5.41) is 3.39. The van der Waals surface area contributed by atoms with Crippen molar-refractivity contribution in [1.29, 1.82) is 0 Å². The van der Waals surface area contributed by atoms with Gasteiger partial charge in [-0.1, -0.05) is 43.5 Å². The van der Waals surface area contributed by atoms with Crippen molar-refractivity contribution < 1.29 is 4.74 Å². The SMILES string of the molecule is COC(CC1c2ccccc2C2=CNCN21)C1CCCCC1. The van der Waals surface area contributed by atoms with Crippen LogP contribution in [-0.4, -0.2) is 24.8 Å². The molecule has 0 spiro atoms. The minimum atomic E-state index is 0.387. The lowest BCUT2D eigenvalue weighted by molar-refractivity contribution is 0.0156. The molecule has 22 heavy (non-hydrogen) atoms. The maximum atomic E-state index is 5.95. The van der Waals surface area contributed by atoms with Crippen LogP contribution in [0.15, 0.2) is 30.5 Å². The van der Waals surface area contributed by atoms with E-state index in [1.807, 2.05) is 7.11 Å². The normalized spacial score (nSPS) is 25.4. The van der Waals surface area contributed by atoms with Crippen LogP contribution in [0.25, 0.3) is 5.70 Å². The average molecular weight is 298 g/mol. The number of ether oxygens (including phenoxy) is 1. The summed E-state index contributed by atoms with van der Waals surface area (Å²) in [5.74, 6) is 0.745. The maximum Gasteiger partial charge on any atom is 0.0879 e. The Morgan fingerprint density at radius 1 is 1.23 bits per heavy atom. The van der Waals surface area contributed by atoms with Gasteiger partial charge >= 0.3 is 0 Å². The summed E-state index contributed by atoms with van der Waals surface area (Å²) in [6.07, 6.45) is 10.5. The number of nitrogens with zero attached hydrogens (tertiary/aromatic N) is 1. The van der Waals surface area contributed by atoms with E-state index in [2.05, 4.69) is 40.7 Å². The Bertz CT molecular complexity index is 562. The largest absolute Gasteiger partial charge is 0.381 e. The molecule has 3 heteroatoms. The second kappa shape index (κ2) is 5.96. The fourth-order valence-electron chi connectivity index (χ4n) is 4.57. The highest BCUT2D eigenvalue weighted by Crippen LogP contribution is 2.46. The van der Waals surface area contributed by atoms with Gasteiger partial charge in [-0.25, -0.2) is 0 Å². The minimum Gasteiger partial charge on any atom is -0.381 e. The van der Waals surface area contributed by atoms with E-state index in [1.165, 1.54) is 48.9 Å². The quantitative estimate of drug-likeness (QED) is 0.912. The first-order valence-electron chi connectivity index (χ1n) is 8.71. The van der Waals surface area contributed by atoms with Crippen LogP contribution in [0.3, 0.4) is 0 Å². The lowest BCUT2D eigenvalue weighted by Crippen LogP contribution is -2.32. The van der Waals surface area contributed by atoms with Gasteiger partial charge < -0.3 is 15.0 Å². The Kier molecular flexibility index (Phi) is 3.83. The van der Waals surface area contributed by atoms with Gasteiger partial charge in [0.05, 0.1) is 24.5 Å². The van der Waals surface area contributed by atoms with Crippen LogP contribution < -0.4 is 5.32 Å². The number of fused-ring (bicyclic) bond motifs is 3. The highest BCUT2D eigenvalue weighted by atomic mass is 16.5. The number of hydrogen-bond acceptors (Lipinski definition) is 3. The van der Waals surface area contributed by atoms with E-state index >= 15 is 0 Å². The molecule has 2 aliphatic heterocycles. The molecule has 1 aliphatic carbocycles. The van der Waals surface area contributed by atoms with Crippen LogP contribution in [0.5, 0.6) is 0 Å². The number of rotatable bonds is 4. The summed E-state index contributed by atoms with van der Waals surface area (Å²) >= 11 is 0. The van der Waals surface area contributed by atoms with Gasteiger partial charge in [0.25, 0.3) is 0 Å². The molecule has 2 unspecified atom stereocenters. The van der Waals surface area contributed by atoms with Crippen LogP contribution >= 0.6 is 0 Å². The molecular weight excluding hydrogens is 272 g/mol. The Hall–Kier alpha value is -1.48. The molecule has 0 amide bonds. The predicted molar refractivity (Wildman–Crippen MR) is 89.0 cm³/mol. The zero-order chi connectivity index (χ0) is 14.9. The van der Waals surface area contributed by atoms with Crippen LogP contribution in [0.2, 0.25) is 0 Å². The zero-order valence-electron chi connectivity index (χ0n) is 13.4. The zero-order valence-corrected chi connectivity index (χ0v) is 13.4. The van der Waals surface area contributed by atoms with E-state index in [4.69, 9.17) is 4.74 Å². The van der Waals surface area contributed by atoms with Crippen molar-refractivity contribution in [1.82, 2.24) is 10.2 Å². The third-order valence-corrected chi connectivity index (χ3v) is 5.72. The molecule has 1 aromatic carbocycles. The minimum absolute atomic E-state index is 0.387. The number of nitrogens with one attached hydrogen (secondary N) is 1. The smallest absolute Gasteiger partial charge is 0.0879 e. The molecule has 0 radical (unpaired) electrons. The molecule has 2 heterocycles. The predicted octanol–water partition coefficient (Wildman–Crippen LogP) is 3.89. The summed E-state index contributed by atoms with van der Waals surface area (Å²) < 4.78 is 5.95. The molecule has 1 aromatic rings. The van der Waals surface area contributed by atoms with E-state index in [0.29, 0.717) is 12.1 Å². The van der Waals surface area contributed by atoms with Gasteiger partial charge in [0, 0.05) is 18.9 Å². The van der Waals surface area contributed by atoms with E-state index in [1.54, 1.807) is 0 Å². The van der Waals surface area contributed by atoms with Gasteiger partial charge in [-0.2, -0.15) is 0 Å². The highest BCUT2D eigenvalue weighted by molar-refractivity contribution is 5.73. The molecule has 3 nitrogen and oxygen atoms in total. The molecule has 118 valence electrons. The molecule has 0 saturated heterocycles. The Morgan fingerprint density at radius 2 is 2.05 bits per heavy atom. The lowest BCUT2D eigenvalue weighted by atomic mass is 9.82. The third-order valence-electron chi connectivity index (χ3n) is 5.72. The third kappa shape index (κ3) is 2.32. The second-order valence-corrected chi connectivity index (χ2v) is 6.87. The van der Waals surface area contributed by atoms with Crippen molar-refractivity contribution in [3.8, 4) is 0 Å². The first kappa shape index (κ1) is 14.1. The maximum absolute atomic E-state index is 5.95. The Morgan fingerprint density at radius 3 is 2.86 bits per heavy atom. The van der Waals surface area contributed by atoms with Crippen LogP contribution in [0.4, 0.5) is 0 Å². The Balaban J connectivity index is 1.58. The summed E-state index contributed by atoms with van der Waals surface area (Å²) in [6.45, 7) is 0.926. The van der Waals surface area contributed by atoms with Crippen LogP contribution in [0.1, 0.15) is 55.7 Å². The van der Waals surface area contributed by atoms with Gasteiger partial charge in [0.15, 0.2) is 0 Å². The van der Waals surface area contributed by atoms with E-state index in [9.17, 15) is 0 Å². The molecular formula is C19H26N2O. The van der Waals surface area contributed by atoms with Gasteiger partial charge in [0.1, 0.15) is 0 Å². The van der Waals surface area contributed by atoms with Crippen molar-refractivity contribution >= 4 is 5.70 Å². The summed E-state index contributed by atoms with van der Waals surface area (Å²) in [6, 6.07) is 9.33. The van der Waals surface area contributed by atoms with Crippen LogP contribution in [-0.2, 0) is 4.74 Å². The van der Waals surface area contributed by atoms with E-state index < -0.39 is 0 Å². The number of hydrogen-bond donors (Lipinski definition) is 1. The molecule has 1 N–H and O–H groups in total. The van der Waals surface area contributed by atoms with Gasteiger partial charge in [-0.05, 0) is 30.7 Å². The van der Waals surface area contributed by atoms with Gasteiger partial charge in [0.2, 0.25) is 0 Å². The van der Waals surface area contributed by atoms with Gasteiger partial charge in [-0.3, -0.25) is 0 Å². The molecule has 0 bridgehead atoms. The molecule has 3 aliphatic rings. The monoisotopic (exact) mass is 298 g/mol. The standard InChI is InChI=1S/C19H26N2O/c1-22-19(14-7-3-2-4-8-14)11-17-15-9-5-6-10-16(15)18-12-20-13-21(17)18/h5-6,9-10,12,14,17,19-20H,2-4,7-8,11,13H2,1H3. The van der Waals surface area contributed by atoms with Crippen molar-refractivity contribution in [2.24, 2.45) is 5.92 Å². The molecule has 1 fully saturated rings. The fraction of sp³-hybridized carbons (Fsp3) is 0.579. The Labute approximate surface area is 133 Å². The topological polar surface area (TPSA) is 24.5 Å². The average Bonchev–Trinajstić information content (AvgIpc) is 3.15. The molecule has 2 atom stereocenters. The van der Waals surface area contributed by atoms with E-state index in [-0.39, 0.29) is 0 Å². The van der Waals surface area contributed by atoms with Crippen molar-refractivity contribution in [2.45, 2.75) is 50.7 Å². The first-order valence-corrected chi connectivity index (χ1v) is 8.71. The van der Waals surface area contributed by atoms with Crippen molar-refractivity contribution in [3.63, 3.8) is 0 Å². The summed E-state index contributed by atoms with van der Waals surface area (Å²) in [5.41, 5.74) is 4.24. The number of benzene rings is 1. The lowest BCUT2D eigenvalue weighted by Gasteiger charge is -2.33. The molecule has 4 rings (SSSR count). The van der Waals surface area contributed by atoms with Crippen molar-refractivity contribution in [3.05, 3.63) is 41.6 Å². The summed E-state index contributed by atoms with van der Waals surface area (Å²) in [4.78, 5) is 2.51. The van der Waals surface area contributed by atoms with E-state index in [0.717, 1.165) is 19.0 Å². The highest BCUT2D eigenvalue weighted by Gasteiger charge is 2.38.